The minimum absolute atomic E-state index is 0.195. The Morgan fingerprint density at radius 1 is 1.04 bits per heavy atom. The second-order valence-corrected chi connectivity index (χ2v) is 5.86. The highest BCUT2D eigenvalue weighted by atomic mass is 32.1. The second-order valence-electron chi connectivity index (χ2n) is 4.91. The summed E-state index contributed by atoms with van der Waals surface area (Å²) in [6.07, 6.45) is 0. The monoisotopic (exact) mass is 340 g/mol. The van der Waals surface area contributed by atoms with E-state index in [0.29, 0.717) is 34.7 Å². The van der Waals surface area contributed by atoms with Crippen LogP contribution in [0.3, 0.4) is 0 Å². The molecule has 0 radical (unpaired) electrons. The maximum Gasteiger partial charge on any atom is 0.262 e. The zero-order valence-corrected chi connectivity index (χ0v) is 13.5. The van der Waals surface area contributed by atoms with E-state index in [1.54, 1.807) is 18.3 Å². The molecule has 8 heteroatoms. The Morgan fingerprint density at radius 2 is 1.96 bits per heavy atom. The van der Waals surface area contributed by atoms with E-state index in [1.807, 2.05) is 41.8 Å². The number of hydrogen-bond acceptors (Lipinski definition) is 8. The Bertz CT molecular complexity index is 946. The van der Waals surface area contributed by atoms with Crippen molar-refractivity contribution in [1.82, 2.24) is 20.3 Å². The minimum atomic E-state index is 0.195. The lowest BCUT2D eigenvalue weighted by molar-refractivity contribution is 0.285. The van der Waals surface area contributed by atoms with Crippen molar-refractivity contribution in [2.45, 2.75) is 13.5 Å². The molecule has 4 rings (SSSR count). The number of para-hydroxylation sites is 1. The van der Waals surface area contributed by atoms with Gasteiger partial charge in [0.25, 0.3) is 5.89 Å². The topological polar surface area (TPSA) is 87.1 Å². The van der Waals surface area contributed by atoms with Crippen molar-refractivity contribution in [3.05, 3.63) is 53.5 Å². The Kier molecular flexibility index (Phi) is 3.80. The van der Waals surface area contributed by atoms with Gasteiger partial charge in [0.2, 0.25) is 17.5 Å². The van der Waals surface area contributed by atoms with Gasteiger partial charge in [-0.05, 0) is 23.6 Å². The number of aromatic nitrogens is 4. The molecule has 0 saturated heterocycles. The molecule has 0 unspecified atom stereocenters. The van der Waals surface area contributed by atoms with Gasteiger partial charge in [0.05, 0.1) is 10.4 Å². The first-order valence-electron chi connectivity index (χ1n) is 7.18. The molecule has 120 valence electrons. The maximum atomic E-state index is 5.78. The second kappa shape index (κ2) is 6.25. The Morgan fingerprint density at radius 3 is 2.75 bits per heavy atom. The molecule has 4 aromatic rings. The van der Waals surface area contributed by atoms with E-state index in [2.05, 4.69) is 20.3 Å². The number of aryl methyl sites for hydroxylation is 1. The van der Waals surface area contributed by atoms with Gasteiger partial charge in [-0.15, -0.1) is 11.3 Å². The van der Waals surface area contributed by atoms with Crippen LogP contribution in [0.15, 0.2) is 50.8 Å². The minimum Gasteiger partial charge on any atom is -0.485 e. The zero-order chi connectivity index (χ0) is 16.4. The van der Waals surface area contributed by atoms with E-state index in [1.165, 1.54) is 0 Å². The third-order valence-electron chi connectivity index (χ3n) is 3.21. The summed E-state index contributed by atoms with van der Waals surface area (Å²) in [5, 5.41) is 9.80. The average Bonchev–Trinajstić information content (AvgIpc) is 3.34. The molecular formula is C16H12N4O3S. The first-order valence-corrected chi connectivity index (χ1v) is 8.06. The van der Waals surface area contributed by atoms with Crippen molar-refractivity contribution in [2.75, 3.05) is 0 Å². The predicted molar refractivity (Wildman–Crippen MR) is 86.4 cm³/mol. The van der Waals surface area contributed by atoms with Crippen molar-refractivity contribution in [3.63, 3.8) is 0 Å². The standard InChI is InChI=1S/C16H12N4O3S/c1-10-17-14(19-22-10)9-21-12-6-3-2-5-11(12)16-18-15(20-23-16)13-7-4-8-24-13/h2-8H,9H2,1H3. The first-order chi connectivity index (χ1) is 11.8. The number of ether oxygens (including phenoxy) is 1. The number of nitrogens with zero attached hydrogens (tertiary/aromatic N) is 4. The fraction of sp³-hybridized carbons (Fsp3) is 0.125. The molecular weight excluding hydrogens is 328 g/mol. The largest absolute Gasteiger partial charge is 0.485 e. The van der Waals surface area contributed by atoms with Crippen molar-refractivity contribution in [1.29, 1.82) is 0 Å². The van der Waals surface area contributed by atoms with E-state index >= 15 is 0 Å². The molecule has 0 aliphatic carbocycles. The Labute approximate surface area is 140 Å². The molecule has 0 aliphatic heterocycles. The van der Waals surface area contributed by atoms with E-state index < -0.39 is 0 Å². The molecule has 7 nitrogen and oxygen atoms in total. The quantitative estimate of drug-likeness (QED) is 0.547. The molecule has 0 atom stereocenters. The lowest BCUT2D eigenvalue weighted by Crippen LogP contribution is -1.99. The molecule has 24 heavy (non-hydrogen) atoms. The third-order valence-corrected chi connectivity index (χ3v) is 4.08. The molecule has 0 fully saturated rings. The molecule has 0 spiro atoms. The van der Waals surface area contributed by atoms with Gasteiger partial charge in [0, 0.05) is 6.92 Å². The van der Waals surface area contributed by atoms with Crippen LogP contribution in [-0.4, -0.2) is 20.3 Å². The van der Waals surface area contributed by atoms with Crippen LogP contribution in [-0.2, 0) is 6.61 Å². The maximum absolute atomic E-state index is 5.78. The summed E-state index contributed by atoms with van der Waals surface area (Å²) in [4.78, 5) is 9.51. The van der Waals surface area contributed by atoms with Crippen molar-refractivity contribution in [2.24, 2.45) is 0 Å². The zero-order valence-electron chi connectivity index (χ0n) is 12.7. The SMILES string of the molecule is Cc1nc(COc2ccccc2-c2nc(-c3cccs3)no2)no1. The van der Waals surface area contributed by atoms with E-state index in [4.69, 9.17) is 13.8 Å². The fourth-order valence-corrected chi connectivity index (χ4v) is 2.80. The van der Waals surface area contributed by atoms with Crippen LogP contribution in [0, 0.1) is 6.92 Å². The van der Waals surface area contributed by atoms with Gasteiger partial charge in [-0.25, -0.2) is 0 Å². The van der Waals surface area contributed by atoms with Crippen LogP contribution < -0.4 is 4.74 Å². The van der Waals surface area contributed by atoms with Crippen LogP contribution in [0.5, 0.6) is 5.75 Å². The Balaban J connectivity index is 1.59. The molecule has 3 aromatic heterocycles. The van der Waals surface area contributed by atoms with Crippen LogP contribution >= 0.6 is 11.3 Å². The summed E-state index contributed by atoms with van der Waals surface area (Å²) in [6, 6.07) is 11.3. The van der Waals surface area contributed by atoms with Gasteiger partial charge >= 0.3 is 0 Å². The highest BCUT2D eigenvalue weighted by Gasteiger charge is 2.16. The van der Waals surface area contributed by atoms with Crippen LogP contribution in [0.4, 0.5) is 0 Å². The van der Waals surface area contributed by atoms with Crippen molar-refractivity contribution in [3.8, 4) is 27.9 Å². The summed E-state index contributed by atoms with van der Waals surface area (Å²) in [5.41, 5.74) is 0.716. The van der Waals surface area contributed by atoms with Crippen molar-refractivity contribution < 1.29 is 13.8 Å². The molecule has 0 saturated carbocycles. The van der Waals surface area contributed by atoms with Gasteiger partial charge in [0.15, 0.2) is 6.61 Å². The molecule has 0 bridgehead atoms. The normalized spacial score (nSPS) is 10.9. The van der Waals surface area contributed by atoms with Crippen molar-refractivity contribution >= 4 is 11.3 Å². The molecule has 3 heterocycles. The fourth-order valence-electron chi connectivity index (χ4n) is 2.15. The highest BCUT2D eigenvalue weighted by Crippen LogP contribution is 2.31. The molecule has 1 aromatic carbocycles. The first kappa shape index (κ1) is 14.6. The van der Waals surface area contributed by atoms with Gasteiger partial charge < -0.3 is 13.8 Å². The lowest BCUT2D eigenvalue weighted by Gasteiger charge is -2.06. The van der Waals surface area contributed by atoms with E-state index in [-0.39, 0.29) is 6.61 Å². The Hall–Kier alpha value is -3.00. The summed E-state index contributed by atoms with van der Waals surface area (Å²) in [7, 11) is 0. The average molecular weight is 340 g/mol. The molecule has 0 N–H and O–H groups in total. The van der Waals surface area contributed by atoms with Gasteiger partial charge in [-0.2, -0.15) is 9.97 Å². The number of hydrogen-bond donors (Lipinski definition) is 0. The van der Waals surface area contributed by atoms with Crippen LogP contribution in [0.1, 0.15) is 11.7 Å². The number of thiophene rings is 1. The third kappa shape index (κ3) is 2.91. The van der Waals surface area contributed by atoms with Gasteiger partial charge in [0.1, 0.15) is 5.75 Å². The smallest absolute Gasteiger partial charge is 0.262 e. The predicted octanol–water partition coefficient (Wildman–Crippen LogP) is 3.74. The highest BCUT2D eigenvalue weighted by molar-refractivity contribution is 7.13. The lowest BCUT2D eigenvalue weighted by atomic mass is 10.2. The summed E-state index contributed by atoms with van der Waals surface area (Å²) in [6.45, 7) is 1.93. The number of benzene rings is 1. The van der Waals surface area contributed by atoms with E-state index in [9.17, 15) is 0 Å². The van der Waals surface area contributed by atoms with Crippen LogP contribution in [0.2, 0.25) is 0 Å². The summed E-state index contributed by atoms with van der Waals surface area (Å²) >= 11 is 1.56. The van der Waals surface area contributed by atoms with Gasteiger partial charge in [-0.3, -0.25) is 0 Å². The molecule has 0 aliphatic rings. The van der Waals surface area contributed by atoms with E-state index in [0.717, 1.165) is 4.88 Å². The van der Waals surface area contributed by atoms with Gasteiger partial charge in [-0.1, -0.05) is 28.5 Å². The van der Waals surface area contributed by atoms with Crippen LogP contribution in [0.25, 0.3) is 22.2 Å². The molecule has 0 amide bonds. The summed E-state index contributed by atoms with van der Waals surface area (Å²) in [5.74, 6) is 2.55. The summed E-state index contributed by atoms with van der Waals surface area (Å²) < 4.78 is 16.1. The number of rotatable bonds is 5.